The molecule has 10 heavy (non-hydrogen) atoms. The van der Waals surface area contributed by atoms with Crippen LogP contribution in [0.2, 0.25) is 0 Å². The van der Waals surface area contributed by atoms with Crippen molar-refractivity contribution in [1.29, 1.82) is 0 Å². The Kier molecular flexibility index (Phi) is 4.25. The second-order valence-corrected chi connectivity index (χ2v) is 1.97. The van der Waals surface area contributed by atoms with Crippen LogP contribution in [0, 0.1) is 0 Å². The molecule has 0 spiro atoms. The Morgan fingerprint density at radius 3 is 2.50 bits per heavy atom. The Morgan fingerprint density at radius 1 is 1.50 bits per heavy atom. The van der Waals surface area contributed by atoms with E-state index in [9.17, 15) is 9.59 Å². The fourth-order valence-corrected chi connectivity index (χ4v) is 0.399. The van der Waals surface area contributed by atoms with E-state index in [0.717, 1.165) is 0 Å². The fourth-order valence-electron chi connectivity index (χ4n) is 0.399. The first-order valence-corrected chi connectivity index (χ1v) is 3.00. The minimum atomic E-state index is -0.321. The second-order valence-electron chi connectivity index (χ2n) is 1.97. The number of carbonyl (C=O) groups excluding carboxylic acids is 2. The van der Waals surface area contributed by atoms with Gasteiger partial charge in [-0.15, -0.1) is 0 Å². The van der Waals surface area contributed by atoms with Crippen molar-refractivity contribution in [1.82, 2.24) is 0 Å². The largest absolute Gasteiger partial charge is 0.466 e. The van der Waals surface area contributed by atoms with Gasteiger partial charge in [0.05, 0.1) is 6.61 Å². The van der Waals surface area contributed by atoms with Crippen LogP contribution in [0.5, 0.6) is 0 Å². The summed E-state index contributed by atoms with van der Waals surface area (Å²) in [6.45, 7) is 3.26. The average molecular weight is 142 g/mol. The highest BCUT2D eigenvalue weighted by Crippen LogP contribution is 1.93. The van der Waals surface area contributed by atoms with Gasteiger partial charge >= 0.3 is 5.97 Å². The van der Waals surface area contributed by atoms with Crippen molar-refractivity contribution in [3.8, 4) is 0 Å². The number of hydrogen-bond donors (Lipinski definition) is 0. The highest BCUT2D eigenvalue weighted by molar-refractivity contribution is 5.65. The molecular formula is C7H10O3. The monoisotopic (exact) mass is 142 g/mol. The molecule has 0 aromatic carbocycles. The molecule has 3 nitrogen and oxygen atoms in total. The predicted molar refractivity (Wildman–Crippen MR) is 36.1 cm³/mol. The van der Waals surface area contributed by atoms with Gasteiger partial charge < -0.3 is 4.74 Å². The quantitative estimate of drug-likeness (QED) is 0.430. The van der Waals surface area contributed by atoms with Crippen molar-refractivity contribution < 1.29 is 14.3 Å². The van der Waals surface area contributed by atoms with Crippen LogP contribution in [0.15, 0.2) is 5.57 Å². The zero-order chi connectivity index (χ0) is 7.98. The maximum absolute atomic E-state index is 10.2. The van der Waals surface area contributed by atoms with Gasteiger partial charge in [0.2, 0.25) is 0 Å². The van der Waals surface area contributed by atoms with E-state index < -0.39 is 0 Å². The van der Waals surface area contributed by atoms with Crippen LogP contribution in [-0.4, -0.2) is 18.5 Å². The minimum Gasteiger partial charge on any atom is -0.466 e. The van der Waals surface area contributed by atoms with E-state index in [1.54, 1.807) is 12.9 Å². The lowest BCUT2D eigenvalue weighted by Gasteiger charge is -1.97. The molecule has 0 aliphatic rings. The molecule has 0 saturated heterocycles. The molecule has 0 aromatic heterocycles. The molecule has 56 valence electrons. The molecule has 0 fully saturated rings. The van der Waals surface area contributed by atoms with Crippen LogP contribution in [0.25, 0.3) is 0 Å². The highest BCUT2D eigenvalue weighted by Gasteiger charge is 1.93. The van der Waals surface area contributed by atoms with Gasteiger partial charge in [0.15, 0.2) is 0 Å². The molecule has 0 radical (unpaired) electrons. The molecule has 0 unspecified atom stereocenters. The van der Waals surface area contributed by atoms with E-state index >= 15 is 0 Å². The zero-order valence-electron chi connectivity index (χ0n) is 6.14. The fraction of sp³-hybridized carbons (Fsp3) is 0.571. The SMILES string of the molecule is CC(=O)OCCC(C)=C=O. The van der Waals surface area contributed by atoms with Crippen molar-refractivity contribution >= 4 is 11.9 Å². The average Bonchev–Trinajstić information content (AvgIpc) is 1.87. The molecule has 3 heteroatoms. The molecule has 0 saturated carbocycles. The normalized spacial score (nSPS) is 8.20. The van der Waals surface area contributed by atoms with Gasteiger partial charge in [0.1, 0.15) is 5.94 Å². The molecule has 0 atom stereocenters. The van der Waals surface area contributed by atoms with E-state index in [1.807, 2.05) is 0 Å². The number of esters is 1. The molecular weight excluding hydrogens is 132 g/mol. The van der Waals surface area contributed by atoms with Gasteiger partial charge in [-0.2, -0.15) is 0 Å². The summed E-state index contributed by atoms with van der Waals surface area (Å²) in [6.07, 6.45) is 0.475. The van der Waals surface area contributed by atoms with Gasteiger partial charge in [-0.05, 0) is 6.92 Å². The Morgan fingerprint density at radius 2 is 2.10 bits per heavy atom. The summed E-state index contributed by atoms with van der Waals surface area (Å²) in [5.41, 5.74) is 0.571. The highest BCUT2D eigenvalue weighted by atomic mass is 16.5. The smallest absolute Gasteiger partial charge is 0.302 e. The van der Waals surface area contributed by atoms with Crippen molar-refractivity contribution in [3.63, 3.8) is 0 Å². The number of hydrogen-bond acceptors (Lipinski definition) is 3. The van der Waals surface area contributed by atoms with E-state index in [0.29, 0.717) is 12.0 Å². The Bertz CT molecular complexity index is 166. The van der Waals surface area contributed by atoms with Crippen LogP contribution >= 0.6 is 0 Å². The first-order chi connectivity index (χ1) is 4.66. The number of rotatable bonds is 3. The van der Waals surface area contributed by atoms with Gasteiger partial charge in [-0.25, -0.2) is 4.79 Å². The van der Waals surface area contributed by atoms with E-state index in [1.165, 1.54) is 6.92 Å². The van der Waals surface area contributed by atoms with E-state index in [-0.39, 0.29) is 12.6 Å². The van der Waals surface area contributed by atoms with Crippen LogP contribution in [0.1, 0.15) is 20.3 Å². The van der Waals surface area contributed by atoms with Gasteiger partial charge in [0, 0.05) is 18.9 Å². The van der Waals surface area contributed by atoms with Crippen LogP contribution in [-0.2, 0) is 14.3 Å². The van der Waals surface area contributed by atoms with Crippen LogP contribution in [0.4, 0.5) is 0 Å². The predicted octanol–water partition coefficient (Wildman–Crippen LogP) is 0.718. The molecule has 0 aliphatic heterocycles. The topological polar surface area (TPSA) is 43.4 Å². The summed E-state index contributed by atoms with van der Waals surface area (Å²) in [5.74, 6) is 1.39. The first kappa shape index (κ1) is 8.92. The summed E-state index contributed by atoms with van der Waals surface area (Å²) in [7, 11) is 0. The molecule has 0 bridgehead atoms. The molecule has 0 N–H and O–H groups in total. The third-order valence-corrected chi connectivity index (χ3v) is 0.957. The summed E-state index contributed by atoms with van der Waals surface area (Å²) < 4.78 is 4.58. The molecule has 0 aromatic rings. The molecule has 0 amide bonds. The maximum Gasteiger partial charge on any atom is 0.302 e. The molecule has 0 aliphatic carbocycles. The lowest BCUT2D eigenvalue weighted by atomic mass is 10.3. The van der Waals surface area contributed by atoms with E-state index in [4.69, 9.17) is 0 Å². The van der Waals surface area contributed by atoms with Crippen molar-refractivity contribution in [2.75, 3.05) is 6.61 Å². The van der Waals surface area contributed by atoms with Crippen molar-refractivity contribution in [2.24, 2.45) is 0 Å². The third kappa shape index (κ3) is 5.06. The Balaban J connectivity index is 3.38. The third-order valence-electron chi connectivity index (χ3n) is 0.957. The Labute approximate surface area is 59.7 Å². The second kappa shape index (κ2) is 4.77. The first-order valence-electron chi connectivity index (χ1n) is 3.00. The van der Waals surface area contributed by atoms with Gasteiger partial charge in [-0.3, -0.25) is 4.79 Å². The number of ether oxygens (including phenoxy) is 1. The summed E-state index contributed by atoms with van der Waals surface area (Å²) in [5, 5.41) is 0. The lowest BCUT2D eigenvalue weighted by molar-refractivity contribution is -0.140. The minimum absolute atomic E-state index is 0.274. The zero-order valence-corrected chi connectivity index (χ0v) is 6.14. The van der Waals surface area contributed by atoms with Crippen molar-refractivity contribution in [3.05, 3.63) is 5.57 Å². The summed E-state index contributed by atoms with van der Waals surface area (Å²) in [4.78, 5) is 20.1. The number of carbonyl (C=O) groups is 1. The van der Waals surface area contributed by atoms with Crippen LogP contribution < -0.4 is 0 Å². The van der Waals surface area contributed by atoms with Crippen molar-refractivity contribution in [2.45, 2.75) is 20.3 Å². The maximum atomic E-state index is 10.2. The van der Waals surface area contributed by atoms with Gasteiger partial charge in [0.25, 0.3) is 0 Å². The van der Waals surface area contributed by atoms with E-state index in [2.05, 4.69) is 4.74 Å². The van der Waals surface area contributed by atoms with Crippen LogP contribution in [0.3, 0.4) is 0 Å². The summed E-state index contributed by atoms with van der Waals surface area (Å²) >= 11 is 0. The molecule has 0 rings (SSSR count). The molecule has 0 heterocycles. The lowest BCUT2D eigenvalue weighted by Crippen LogP contribution is -2.00. The standard InChI is InChI=1S/C7H10O3/c1-6(5-8)3-4-10-7(2)9/h3-4H2,1-2H3. The summed E-state index contributed by atoms with van der Waals surface area (Å²) in [6, 6.07) is 0. The van der Waals surface area contributed by atoms with Gasteiger partial charge in [-0.1, -0.05) is 0 Å². The Hall–Kier alpha value is -1.08.